The van der Waals surface area contributed by atoms with Gasteiger partial charge >= 0.3 is 5.97 Å². The van der Waals surface area contributed by atoms with E-state index in [2.05, 4.69) is 16.0 Å². The fraction of sp³-hybridized carbons (Fsp3) is 0.667. The monoisotopic (exact) mass is 508 g/mol. The summed E-state index contributed by atoms with van der Waals surface area (Å²) >= 11 is 2.85. The van der Waals surface area contributed by atoms with Gasteiger partial charge in [-0.25, -0.2) is 4.79 Å². The zero-order valence-electron chi connectivity index (χ0n) is 18.5. The van der Waals surface area contributed by atoms with Crippen molar-refractivity contribution in [3.8, 4) is 0 Å². The van der Waals surface area contributed by atoms with Crippen molar-refractivity contribution in [2.45, 2.75) is 49.9 Å². The van der Waals surface area contributed by atoms with Crippen LogP contribution in [0.5, 0.6) is 0 Å². The van der Waals surface area contributed by atoms with Crippen LogP contribution in [0.1, 0.15) is 25.7 Å². The summed E-state index contributed by atoms with van der Waals surface area (Å²) in [5.74, 6) is -4.67. The van der Waals surface area contributed by atoms with Crippen molar-refractivity contribution in [2.75, 3.05) is 24.0 Å². The molecule has 0 aromatic carbocycles. The summed E-state index contributed by atoms with van der Waals surface area (Å²) in [7, 11) is 0. The van der Waals surface area contributed by atoms with Gasteiger partial charge in [0.1, 0.15) is 18.1 Å². The minimum atomic E-state index is -1.58. The number of aliphatic carboxylic acids is 1. The van der Waals surface area contributed by atoms with Gasteiger partial charge in [0.15, 0.2) is 0 Å². The largest absolute Gasteiger partial charge is 0.480 e. The molecular weight excluding hydrogens is 476 g/mol. The van der Waals surface area contributed by atoms with E-state index in [0.29, 0.717) is 17.9 Å². The van der Waals surface area contributed by atoms with Gasteiger partial charge in [-0.3, -0.25) is 24.0 Å². The highest BCUT2D eigenvalue weighted by molar-refractivity contribution is 7.98. The third-order valence-electron chi connectivity index (χ3n) is 4.27. The molecular formula is C18H32N6O7S2. The average molecular weight is 509 g/mol. The Morgan fingerprint density at radius 1 is 0.727 bits per heavy atom. The Morgan fingerprint density at radius 2 is 1.15 bits per heavy atom. The molecule has 0 saturated carbocycles. The summed E-state index contributed by atoms with van der Waals surface area (Å²) in [5, 5.41) is 16.1. The lowest BCUT2D eigenvalue weighted by molar-refractivity contribution is -0.143. The number of amides is 5. The second kappa shape index (κ2) is 16.1. The number of carboxylic acids is 1. The number of carboxylic acid groups (broad SMARTS) is 1. The lowest BCUT2D eigenvalue weighted by Gasteiger charge is -2.24. The van der Waals surface area contributed by atoms with Gasteiger partial charge in [-0.2, -0.15) is 23.5 Å². The molecule has 0 aromatic heterocycles. The molecule has 0 saturated heterocycles. The van der Waals surface area contributed by atoms with Crippen LogP contribution in [0.4, 0.5) is 0 Å². The molecule has 0 aliphatic heterocycles. The molecule has 0 aliphatic rings. The van der Waals surface area contributed by atoms with E-state index >= 15 is 0 Å². The van der Waals surface area contributed by atoms with Gasteiger partial charge < -0.3 is 38.3 Å². The normalized spacial score (nSPS) is 14.3. The maximum atomic E-state index is 12.8. The molecule has 0 heterocycles. The average Bonchev–Trinajstić information content (AvgIpc) is 2.72. The molecule has 188 valence electrons. The summed E-state index contributed by atoms with van der Waals surface area (Å²) in [5.41, 5.74) is 16.0. The van der Waals surface area contributed by atoms with Crippen molar-refractivity contribution in [3.63, 3.8) is 0 Å². The molecule has 5 amide bonds. The first kappa shape index (κ1) is 30.5. The van der Waals surface area contributed by atoms with E-state index in [9.17, 15) is 33.9 Å². The Hall–Kier alpha value is -2.52. The lowest BCUT2D eigenvalue weighted by atomic mass is 10.1. The summed E-state index contributed by atoms with van der Waals surface area (Å²) < 4.78 is 0. The molecule has 33 heavy (non-hydrogen) atoms. The molecule has 0 aromatic rings. The molecule has 0 fully saturated rings. The molecule has 15 heteroatoms. The second-order valence-electron chi connectivity index (χ2n) is 7.03. The number of rotatable bonds is 17. The number of primary amides is 2. The molecule has 0 aliphatic carbocycles. The Morgan fingerprint density at radius 3 is 1.64 bits per heavy atom. The van der Waals surface area contributed by atoms with Crippen molar-refractivity contribution < 1.29 is 33.9 Å². The topological polar surface area (TPSA) is 237 Å². The van der Waals surface area contributed by atoms with Crippen LogP contribution in [0, 0.1) is 0 Å². The van der Waals surface area contributed by atoms with E-state index in [4.69, 9.17) is 17.2 Å². The van der Waals surface area contributed by atoms with Gasteiger partial charge in [0, 0.05) is 0 Å². The van der Waals surface area contributed by atoms with Gasteiger partial charge in [-0.1, -0.05) is 0 Å². The van der Waals surface area contributed by atoms with E-state index in [1.165, 1.54) is 23.5 Å². The summed E-state index contributed by atoms with van der Waals surface area (Å²) in [6.45, 7) is 0. The highest BCUT2D eigenvalue weighted by Crippen LogP contribution is 2.05. The van der Waals surface area contributed by atoms with E-state index in [0.717, 1.165) is 0 Å². The third kappa shape index (κ3) is 12.9. The zero-order chi connectivity index (χ0) is 25.6. The molecule has 0 bridgehead atoms. The second-order valence-corrected chi connectivity index (χ2v) is 9.00. The van der Waals surface area contributed by atoms with Crippen LogP contribution >= 0.6 is 23.5 Å². The Bertz CT molecular complexity index is 724. The maximum absolute atomic E-state index is 12.8. The highest BCUT2D eigenvalue weighted by atomic mass is 32.2. The molecule has 0 rings (SSSR count). The first-order valence-corrected chi connectivity index (χ1v) is 12.7. The van der Waals surface area contributed by atoms with Crippen LogP contribution in [0.2, 0.25) is 0 Å². The Kier molecular flexibility index (Phi) is 14.9. The van der Waals surface area contributed by atoms with Crippen LogP contribution in [-0.4, -0.2) is 88.8 Å². The predicted molar refractivity (Wildman–Crippen MR) is 125 cm³/mol. The number of hydrogen-bond donors (Lipinski definition) is 7. The fourth-order valence-corrected chi connectivity index (χ4v) is 3.48. The fourth-order valence-electron chi connectivity index (χ4n) is 2.52. The van der Waals surface area contributed by atoms with E-state index in [-0.39, 0.29) is 6.42 Å². The molecule has 4 unspecified atom stereocenters. The lowest BCUT2D eigenvalue weighted by Crippen LogP contribution is -2.58. The number of carbonyl (C=O) groups is 6. The number of hydrogen-bond acceptors (Lipinski definition) is 9. The Balaban J connectivity index is 5.45. The van der Waals surface area contributed by atoms with Crippen LogP contribution < -0.4 is 33.2 Å². The van der Waals surface area contributed by atoms with Gasteiger partial charge in [0.05, 0.1) is 18.9 Å². The van der Waals surface area contributed by atoms with Gasteiger partial charge in [0.25, 0.3) is 0 Å². The smallest absolute Gasteiger partial charge is 0.326 e. The number of thioether (sulfide) groups is 2. The van der Waals surface area contributed by atoms with Crippen LogP contribution in [0.25, 0.3) is 0 Å². The van der Waals surface area contributed by atoms with Crippen molar-refractivity contribution >= 4 is 59.0 Å². The van der Waals surface area contributed by atoms with Crippen LogP contribution in [0.3, 0.4) is 0 Å². The van der Waals surface area contributed by atoms with Gasteiger partial charge in [-0.15, -0.1) is 0 Å². The number of nitrogens with one attached hydrogen (secondary N) is 3. The minimum absolute atomic E-state index is 0.103. The van der Waals surface area contributed by atoms with Crippen LogP contribution in [-0.2, 0) is 28.8 Å². The first-order valence-electron chi connectivity index (χ1n) is 9.86. The molecule has 0 spiro atoms. The van der Waals surface area contributed by atoms with Crippen molar-refractivity contribution in [1.29, 1.82) is 0 Å². The zero-order valence-corrected chi connectivity index (χ0v) is 20.1. The SMILES string of the molecule is CSCCC(N)C(=O)NC(CC(N)=O)C(=O)NC(CCSC)C(=O)NC(CC(N)=O)C(=O)O. The third-order valence-corrected chi connectivity index (χ3v) is 5.56. The molecule has 10 N–H and O–H groups in total. The first-order chi connectivity index (χ1) is 15.4. The predicted octanol–water partition coefficient (Wildman–Crippen LogP) is -2.89. The molecule has 4 atom stereocenters. The minimum Gasteiger partial charge on any atom is -0.480 e. The number of carbonyl (C=O) groups excluding carboxylic acids is 5. The van der Waals surface area contributed by atoms with Crippen molar-refractivity contribution in [2.24, 2.45) is 17.2 Å². The van der Waals surface area contributed by atoms with E-state index < -0.39 is 72.5 Å². The highest BCUT2D eigenvalue weighted by Gasteiger charge is 2.31. The maximum Gasteiger partial charge on any atom is 0.326 e. The standard InChI is InChI=1S/C18H32N6O7S2/c1-32-5-3-9(19)15(27)23-11(7-13(20)25)17(29)22-10(4-6-33-2)16(28)24-12(18(30)31)8-14(21)26/h9-12H,3-8,19H2,1-2H3,(H2,20,25)(H2,21,26)(H,22,29)(H,23,27)(H,24,28)(H,30,31). The van der Waals surface area contributed by atoms with Gasteiger partial charge in [-0.05, 0) is 36.9 Å². The number of nitrogens with two attached hydrogens (primary N) is 3. The van der Waals surface area contributed by atoms with Crippen molar-refractivity contribution in [3.05, 3.63) is 0 Å². The summed E-state index contributed by atoms with van der Waals surface area (Å²) in [4.78, 5) is 71.5. The summed E-state index contributed by atoms with van der Waals surface area (Å²) in [6, 6.07) is -5.10. The van der Waals surface area contributed by atoms with Crippen molar-refractivity contribution in [1.82, 2.24) is 16.0 Å². The summed E-state index contributed by atoms with van der Waals surface area (Å²) in [6.07, 6.45) is 2.86. The molecule has 13 nitrogen and oxygen atoms in total. The molecule has 0 radical (unpaired) electrons. The van der Waals surface area contributed by atoms with Gasteiger partial charge in [0.2, 0.25) is 29.5 Å². The van der Waals surface area contributed by atoms with E-state index in [1.807, 2.05) is 6.26 Å². The quantitative estimate of drug-likeness (QED) is 0.106. The van der Waals surface area contributed by atoms with Crippen LogP contribution in [0.15, 0.2) is 0 Å². The Labute approximate surface area is 200 Å². The van der Waals surface area contributed by atoms with E-state index in [1.54, 1.807) is 6.26 Å².